The van der Waals surface area contributed by atoms with Crippen LogP contribution in [0, 0.1) is 15.9 Å². The van der Waals surface area contributed by atoms with E-state index in [-0.39, 0.29) is 35.2 Å². The maximum absolute atomic E-state index is 13.1. The average Bonchev–Trinajstić information content (AvgIpc) is 2.93. The van der Waals surface area contributed by atoms with E-state index in [1.54, 1.807) is 0 Å². The number of fused-ring (bicyclic) bond motifs is 1. The summed E-state index contributed by atoms with van der Waals surface area (Å²) in [6.45, 7) is 0.196. The highest BCUT2D eigenvalue weighted by Crippen LogP contribution is 2.21. The van der Waals surface area contributed by atoms with Crippen molar-refractivity contribution in [2.24, 2.45) is 0 Å². The van der Waals surface area contributed by atoms with Crippen molar-refractivity contribution in [3.8, 4) is 0 Å². The number of carbonyl (C=O) groups excluding carboxylic acids is 1. The van der Waals surface area contributed by atoms with Gasteiger partial charge in [0.2, 0.25) is 5.91 Å². The fourth-order valence-electron chi connectivity index (χ4n) is 2.58. The summed E-state index contributed by atoms with van der Waals surface area (Å²) in [5, 5.41) is 13.3. The number of rotatable bonds is 6. The Kier molecular flexibility index (Phi) is 5.22. The molecule has 140 valence electrons. The predicted octanol–water partition coefficient (Wildman–Crippen LogP) is 3.71. The number of benzene rings is 2. The highest BCUT2D eigenvalue weighted by atomic mass is 35.5. The Morgan fingerprint density at radius 2 is 2.07 bits per heavy atom. The molecule has 0 spiro atoms. The molecule has 1 N–H and O–H groups in total. The van der Waals surface area contributed by atoms with Crippen molar-refractivity contribution in [3.63, 3.8) is 0 Å². The van der Waals surface area contributed by atoms with Crippen LogP contribution in [0.4, 0.5) is 15.8 Å². The van der Waals surface area contributed by atoms with Gasteiger partial charge in [-0.3, -0.25) is 19.5 Å². The van der Waals surface area contributed by atoms with Crippen LogP contribution in [-0.4, -0.2) is 15.4 Å². The van der Waals surface area contributed by atoms with Crippen LogP contribution in [0.5, 0.6) is 0 Å². The van der Waals surface area contributed by atoms with Crippen LogP contribution in [0.3, 0.4) is 0 Å². The Bertz CT molecular complexity index is 1090. The number of anilines is 1. The lowest BCUT2D eigenvalue weighted by Crippen LogP contribution is -2.17. The van der Waals surface area contributed by atoms with E-state index in [2.05, 4.69) is 5.32 Å². The molecule has 0 unspecified atom stereocenters. The molecular weight excluding hydrogens is 381 g/mol. The van der Waals surface area contributed by atoms with Crippen LogP contribution in [0.1, 0.15) is 12.8 Å². The highest BCUT2D eigenvalue weighted by Gasteiger charge is 2.14. The van der Waals surface area contributed by atoms with Crippen molar-refractivity contribution in [1.82, 2.24) is 4.57 Å². The van der Waals surface area contributed by atoms with Crippen LogP contribution in [0.25, 0.3) is 11.1 Å². The molecule has 0 radical (unpaired) electrons. The Hall–Kier alpha value is -3.20. The van der Waals surface area contributed by atoms with Gasteiger partial charge in [-0.15, -0.1) is 0 Å². The van der Waals surface area contributed by atoms with Crippen LogP contribution < -0.4 is 11.1 Å². The van der Waals surface area contributed by atoms with Gasteiger partial charge in [0.15, 0.2) is 5.58 Å². The summed E-state index contributed by atoms with van der Waals surface area (Å²) in [7, 11) is 0. The summed E-state index contributed by atoms with van der Waals surface area (Å²) in [6.07, 6.45) is 0.424. The quantitative estimate of drug-likeness (QED) is 0.507. The number of aryl methyl sites for hydroxylation is 1. The minimum atomic E-state index is -0.656. The number of carbonyl (C=O) groups is 1. The average molecular weight is 394 g/mol. The molecule has 0 aliphatic heterocycles. The molecule has 8 nitrogen and oxygen atoms in total. The lowest BCUT2D eigenvalue weighted by molar-refractivity contribution is -0.384. The molecule has 3 rings (SSSR count). The number of nitro benzene ring substituents is 1. The Balaban J connectivity index is 1.64. The first kappa shape index (κ1) is 18.6. The number of nitrogens with one attached hydrogen (secondary N) is 1. The van der Waals surface area contributed by atoms with E-state index in [0.29, 0.717) is 17.6 Å². The van der Waals surface area contributed by atoms with Gasteiger partial charge in [0.05, 0.1) is 21.5 Å². The van der Waals surface area contributed by atoms with E-state index in [4.69, 9.17) is 16.0 Å². The molecule has 0 bridgehead atoms. The zero-order valence-corrected chi connectivity index (χ0v) is 14.5. The number of hydrogen-bond donors (Lipinski definition) is 1. The molecule has 2 aromatic carbocycles. The molecule has 1 heterocycles. The molecule has 0 aliphatic carbocycles. The van der Waals surface area contributed by atoms with E-state index >= 15 is 0 Å². The molecule has 1 amide bonds. The highest BCUT2D eigenvalue weighted by molar-refractivity contribution is 6.31. The molecule has 10 heteroatoms. The molecule has 0 atom stereocenters. The van der Waals surface area contributed by atoms with Crippen LogP contribution >= 0.6 is 11.6 Å². The van der Waals surface area contributed by atoms with Gasteiger partial charge in [-0.25, -0.2) is 9.18 Å². The predicted molar refractivity (Wildman–Crippen MR) is 96.4 cm³/mol. The summed E-state index contributed by atoms with van der Waals surface area (Å²) in [5.74, 6) is -1.56. The summed E-state index contributed by atoms with van der Waals surface area (Å²) < 4.78 is 19.4. The van der Waals surface area contributed by atoms with Gasteiger partial charge in [-0.2, -0.15) is 0 Å². The molecule has 0 aliphatic rings. The summed E-state index contributed by atoms with van der Waals surface area (Å²) in [5.41, 5.74) is 0.710. The fourth-order valence-corrected chi connectivity index (χ4v) is 2.76. The van der Waals surface area contributed by atoms with Crippen molar-refractivity contribution in [2.45, 2.75) is 19.4 Å². The standard InChI is InChI=1S/C17H13ClFN3O5/c18-12-8-10(3-5-13(12)19)20-16(23)2-1-7-21-14-6-4-11(22(25)26)9-15(14)27-17(21)24/h3-6,8-9H,1-2,7H2,(H,20,23). The van der Waals surface area contributed by atoms with Crippen LogP contribution in [0.15, 0.2) is 45.6 Å². The molecular formula is C17H13ClFN3O5. The molecule has 0 saturated carbocycles. The van der Waals surface area contributed by atoms with Gasteiger partial charge in [0.1, 0.15) is 5.82 Å². The summed E-state index contributed by atoms with van der Waals surface area (Å²) in [6, 6.07) is 7.72. The van der Waals surface area contributed by atoms with Gasteiger partial charge < -0.3 is 9.73 Å². The van der Waals surface area contributed by atoms with E-state index in [9.17, 15) is 24.1 Å². The lowest BCUT2D eigenvalue weighted by atomic mass is 10.2. The van der Waals surface area contributed by atoms with Crippen molar-refractivity contribution in [1.29, 1.82) is 0 Å². The lowest BCUT2D eigenvalue weighted by Gasteiger charge is -2.06. The monoisotopic (exact) mass is 393 g/mol. The van der Waals surface area contributed by atoms with E-state index in [1.807, 2.05) is 0 Å². The zero-order valence-electron chi connectivity index (χ0n) is 13.8. The number of hydrogen-bond acceptors (Lipinski definition) is 5. The number of nitro groups is 1. The van der Waals surface area contributed by atoms with Gasteiger partial charge >= 0.3 is 5.76 Å². The van der Waals surface area contributed by atoms with Gasteiger partial charge in [0.25, 0.3) is 5.69 Å². The summed E-state index contributed by atoms with van der Waals surface area (Å²) in [4.78, 5) is 34.1. The van der Waals surface area contributed by atoms with Crippen molar-refractivity contribution in [2.75, 3.05) is 5.32 Å². The van der Waals surface area contributed by atoms with Crippen molar-refractivity contribution < 1.29 is 18.5 Å². The molecule has 0 saturated heterocycles. The number of nitrogens with zero attached hydrogens (tertiary/aromatic N) is 2. The smallest absolute Gasteiger partial charge is 0.407 e. The Labute approximate surface area is 156 Å². The van der Waals surface area contributed by atoms with Crippen LogP contribution in [0.2, 0.25) is 5.02 Å². The van der Waals surface area contributed by atoms with Gasteiger partial charge in [0, 0.05) is 24.7 Å². The topological polar surface area (TPSA) is 107 Å². The number of non-ortho nitro benzene ring substituents is 1. The first-order valence-corrected chi connectivity index (χ1v) is 8.25. The maximum atomic E-state index is 13.1. The molecule has 1 aromatic heterocycles. The van der Waals surface area contributed by atoms with E-state index in [1.165, 1.54) is 34.9 Å². The van der Waals surface area contributed by atoms with Crippen molar-refractivity contribution in [3.05, 3.63) is 67.9 Å². The second-order valence-corrected chi connectivity index (χ2v) is 6.12. The van der Waals surface area contributed by atoms with Gasteiger partial charge in [-0.05, 0) is 30.7 Å². The first-order valence-electron chi connectivity index (χ1n) is 7.88. The molecule has 0 fully saturated rings. The molecule has 27 heavy (non-hydrogen) atoms. The molecule has 3 aromatic rings. The second-order valence-electron chi connectivity index (χ2n) is 5.71. The number of halogens is 2. The SMILES string of the molecule is O=C(CCCn1c(=O)oc2cc([N+](=O)[O-])ccc21)Nc1ccc(F)c(Cl)c1. The third-order valence-electron chi connectivity index (χ3n) is 3.85. The number of aromatic nitrogens is 1. The number of oxazole rings is 1. The summed E-state index contributed by atoms with van der Waals surface area (Å²) >= 11 is 5.66. The minimum Gasteiger partial charge on any atom is -0.407 e. The normalized spacial score (nSPS) is 10.9. The number of amides is 1. The van der Waals surface area contributed by atoms with Crippen LogP contribution in [-0.2, 0) is 11.3 Å². The Morgan fingerprint density at radius 1 is 1.30 bits per heavy atom. The minimum absolute atomic E-state index is 0.0983. The maximum Gasteiger partial charge on any atom is 0.419 e. The third kappa shape index (κ3) is 4.14. The first-order chi connectivity index (χ1) is 12.8. The van der Waals surface area contributed by atoms with E-state index in [0.717, 1.165) is 6.07 Å². The Morgan fingerprint density at radius 3 is 2.78 bits per heavy atom. The van der Waals surface area contributed by atoms with Gasteiger partial charge in [-0.1, -0.05) is 11.6 Å². The fraction of sp³-hybridized carbons (Fsp3) is 0.176. The second kappa shape index (κ2) is 7.58. The third-order valence-corrected chi connectivity index (χ3v) is 4.14. The van der Waals surface area contributed by atoms with E-state index < -0.39 is 16.5 Å². The largest absolute Gasteiger partial charge is 0.419 e. The van der Waals surface area contributed by atoms with Crippen molar-refractivity contribution >= 4 is 40.0 Å². The zero-order chi connectivity index (χ0) is 19.6.